The minimum Gasteiger partial charge on any atom is -0.504 e. The number of phenolic OH excluding ortho intramolecular Hbond substituents is 1. The smallest absolute Gasteiger partial charge is 0.266 e. The maximum atomic E-state index is 12.7. The van der Waals surface area contributed by atoms with Crippen LogP contribution in [0.15, 0.2) is 47.6 Å². The maximum Gasteiger partial charge on any atom is 0.266 e. The van der Waals surface area contributed by atoms with Gasteiger partial charge in [0.2, 0.25) is 0 Å². The van der Waals surface area contributed by atoms with Gasteiger partial charge in [0.05, 0.1) is 18.1 Å². The summed E-state index contributed by atoms with van der Waals surface area (Å²) in [5.74, 6) is 0.226. The Hall–Kier alpha value is -2.38. The van der Waals surface area contributed by atoms with Crippen molar-refractivity contribution in [3.05, 3.63) is 58.8 Å². The number of hydrogen-bond acceptors (Lipinski definition) is 6. The molecule has 7 heteroatoms. The Morgan fingerprint density at radius 3 is 2.92 bits per heavy atom. The van der Waals surface area contributed by atoms with E-state index in [4.69, 9.17) is 17.0 Å². The number of carbonyl (C=O) groups is 1. The van der Waals surface area contributed by atoms with E-state index in [0.29, 0.717) is 33.7 Å². The predicted octanol–water partition coefficient (Wildman–Crippen LogP) is 3.59. The topological polar surface area (TPSA) is 62.7 Å². The fourth-order valence-corrected chi connectivity index (χ4v) is 3.63. The lowest BCUT2D eigenvalue weighted by Gasteiger charge is -2.13. The zero-order chi connectivity index (χ0) is 17.8. The Labute approximate surface area is 155 Å². The molecule has 1 fully saturated rings. The molecule has 1 aromatic heterocycles. The lowest BCUT2D eigenvalue weighted by molar-refractivity contribution is -0.122. The number of hydrogen-bond donors (Lipinski definition) is 1. The number of aromatic nitrogens is 1. The Balaban J connectivity index is 1.84. The number of amides is 1. The third-order valence-electron chi connectivity index (χ3n) is 3.55. The summed E-state index contributed by atoms with van der Waals surface area (Å²) in [5, 5.41) is 10.3. The fraction of sp³-hybridized carbons (Fsp3) is 0.167. The summed E-state index contributed by atoms with van der Waals surface area (Å²) in [6, 6.07) is 8.90. The molecule has 2 aromatic rings. The van der Waals surface area contributed by atoms with Gasteiger partial charge in [-0.05, 0) is 30.7 Å². The molecule has 1 aliphatic heterocycles. The van der Waals surface area contributed by atoms with Crippen LogP contribution in [0.3, 0.4) is 0 Å². The summed E-state index contributed by atoms with van der Waals surface area (Å²) < 4.78 is 5.86. The first-order valence-electron chi connectivity index (χ1n) is 7.69. The number of phenols is 1. The molecule has 5 nitrogen and oxygen atoms in total. The second-order valence-corrected chi connectivity index (χ2v) is 6.93. The number of nitrogens with zero attached hydrogens (tertiary/aromatic N) is 2. The molecule has 0 radical (unpaired) electrons. The summed E-state index contributed by atoms with van der Waals surface area (Å²) in [4.78, 5) is 18.7. The van der Waals surface area contributed by atoms with Gasteiger partial charge in [0, 0.05) is 18.0 Å². The molecule has 1 amide bonds. The van der Waals surface area contributed by atoms with Crippen LogP contribution in [0.25, 0.3) is 6.08 Å². The normalized spacial score (nSPS) is 15.9. The maximum absolute atomic E-state index is 12.7. The highest BCUT2D eigenvalue weighted by molar-refractivity contribution is 8.26. The number of ether oxygens (including phenoxy) is 1. The summed E-state index contributed by atoms with van der Waals surface area (Å²) in [7, 11) is 0. The second kappa shape index (κ2) is 7.67. The number of pyridine rings is 1. The zero-order valence-corrected chi connectivity index (χ0v) is 15.1. The summed E-state index contributed by atoms with van der Waals surface area (Å²) >= 11 is 6.55. The largest absolute Gasteiger partial charge is 0.504 e. The van der Waals surface area contributed by atoms with Crippen LogP contribution < -0.4 is 4.74 Å². The molecule has 128 valence electrons. The molecule has 25 heavy (non-hydrogen) atoms. The van der Waals surface area contributed by atoms with Crippen molar-refractivity contribution in [3.63, 3.8) is 0 Å². The van der Waals surface area contributed by atoms with Gasteiger partial charge in [-0.3, -0.25) is 14.7 Å². The quantitative estimate of drug-likeness (QED) is 0.639. The molecule has 0 spiro atoms. The Morgan fingerprint density at radius 2 is 2.20 bits per heavy atom. The van der Waals surface area contributed by atoms with Gasteiger partial charge in [0.15, 0.2) is 11.5 Å². The van der Waals surface area contributed by atoms with Crippen LogP contribution >= 0.6 is 24.0 Å². The van der Waals surface area contributed by atoms with Gasteiger partial charge < -0.3 is 9.84 Å². The van der Waals surface area contributed by atoms with Crippen molar-refractivity contribution < 1.29 is 14.6 Å². The molecular formula is C18H16N2O3S2. The van der Waals surface area contributed by atoms with E-state index in [0.717, 1.165) is 5.56 Å². The highest BCUT2D eigenvalue weighted by atomic mass is 32.2. The van der Waals surface area contributed by atoms with Crippen LogP contribution in [-0.2, 0) is 11.3 Å². The predicted molar refractivity (Wildman–Crippen MR) is 102 cm³/mol. The van der Waals surface area contributed by atoms with E-state index in [1.54, 1.807) is 36.7 Å². The molecule has 1 saturated heterocycles. The van der Waals surface area contributed by atoms with E-state index in [1.807, 2.05) is 19.1 Å². The first kappa shape index (κ1) is 17.4. The third-order valence-corrected chi connectivity index (χ3v) is 4.93. The number of para-hydroxylation sites is 1. The average Bonchev–Trinajstić information content (AvgIpc) is 2.87. The van der Waals surface area contributed by atoms with E-state index < -0.39 is 0 Å². The third kappa shape index (κ3) is 3.83. The number of carbonyl (C=O) groups excluding carboxylic acids is 1. The molecule has 1 N–H and O–H groups in total. The highest BCUT2D eigenvalue weighted by Gasteiger charge is 2.32. The molecule has 2 heterocycles. The highest BCUT2D eigenvalue weighted by Crippen LogP contribution is 2.37. The van der Waals surface area contributed by atoms with Crippen molar-refractivity contribution in [2.45, 2.75) is 13.5 Å². The molecule has 1 aliphatic rings. The van der Waals surface area contributed by atoms with E-state index in [2.05, 4.69) is 4.98 Å². The van der Waals surface area contributed by atoms with Crippen molar-refractivity contribution in [3.8, 4) is 11.5 Å². The van der Waals surface area contributed by atoms with Gasteiger partial charge in [0.25, 0.3) is 5.91 Å². The van der Waals surface area contributed by atoms with Crippen molar-refractivity contribution in [2.24, 2.45) is 0 Å². The first-order valence-corrected chi connectivity index (χ1v) is 8.91. The summed E-state index contributed by atoms with van der Waals surface area (Å²) in [6.07, 6.45) is 5.03. The van der Waals surface area contributed by atoms with Crippen molar-refractivity contribution >= 4 is 40.3 Å². The second-order valence-electron chi connectivity index (χ2n) is 5.26. The van der Waals surface area contributed by atoms with E-state index in [-0.39, 0.29) is 11.7 Å². The van der Waals surface area contributed by atoms with Crippen LogP contribution in [-0.4, -0.2) is 31.8 Å². The number of thiocarbonyl (C=S) groups is 1. The number of rotatable bonds is 5. The molecule has 3 rings (SSSR count). The fourth-order valence-electron chi connectivity index (χ4n) is 2.38. The Bertz CT molecular complexity index is 837. The van der Waals surface area contributed by atoms with Gasteiger partial charge in [0.1, 0.15) is 4.32 Å². The summed E-state index contributed by atoms with van der Waals surface area (Å²) in [6.45, 7) is 2.67. The lowest BCUT2D eigenvalue weighted by Crippen LogP contribution is -2.27. The van der Waals surface area contributed by atoms with Gasteiger partial charge in [-0.25, -0.2) is 0 Å². The van der Waals surface area contributed by atoms with Crippen LogP contribution in [0.1, 0.15) is 18.1 Å². The van der Waals surface area contributed by atoms with Crippen LogP contribution in [0.2, 0.25) is 0 Å². The van der Waals surface area contributed by atoms with E-state index in [1.165, 1.54) is 16.7 Å². The lowest BCUT2D eigenvalue weighted by atomic mass is 10.1. The van der Waals surface area contributed by atoms with Crippen molar-refractivity contribution in [1.82, 2.24) is 9.88 Å². The average molecular weight is 372 g/mol. The molecular weight excluding hydrogens is 356 g/mol. The minimum absolute atomic E-state index is 0.0156. The van der Waals surface area contributed by atoms with Gasteiger partial charge >= 0.3 is 0 Å². The minimum atomic E-state index is -0.180. The monoisotopic (exact) mass is 372 g/mol. The molecule has 0 aliphatic carbocycles. The number of thioether (sulfide) groups is 1. The van der Waals surface area contributed by atoms with Crippen molar-refractivity contribution in [2.75, 3.05) is 6.61 Å². The molecule has 0 bridgehead atoms. The van der Waals surface area contributed by atoms with Crippen molar-refractivity contribution in [1.29, 1.82) is 0 Å². The Kier molecular flexibility index (Phi) is 5.35. The standard InChI is InChI=1S/C18H16N2O3S2/c1-2-23-14-7-3-6-13(16(14)21)9-15-17(22)20(18(24)25-15)11-12-5-4-8-19-10-12/h3-10,21H,2,11H2,1H3/b15-9-. The SMILES string of the molecule is CCOc1cccc(/C=C2\SC(=S)N(Cc3cccnc3)C2=O)c1O. The molecule has 0 unspecified atom stereocenters. The van der Waals surface area contributed by atoms with Crippen LogP contribution in [0.5, 0.6) is 11.5 Å². The first-order chi connectivity index (χ1) is 12.1. The number of benzene rings is 1. The van der Waals surface area contributed by atoms with Gasteiger partial charge in [-0.1, -0.05) is 42.2 Å². The Morgan fingerprint density at radius 1 is 1.36 bits per heavy atom. The molecule has 0 atom stereocenters. The van der Waals surface area contributed by atoms with Crippen LogP contribution in [0, 0.1) is 0 Å². The van der Waals surface area contributed by atoms with Gasteiger partial charge in [-0.15, -0.1) is 0 Å². The van der Waals surface area contributed by atoms with Gasteiger partial charge in [-0.2, -0.15) is 0 Å². The molecule has 1 aromatic carbocycles. The van der Waals surface area contributed by atoms with Crippen LogP contribution in [0.4, 0.5) is 0 Å². The number of aromatic hydroxyl groups is 1. The summed E-state index contributed by atoms with van der Waals surface area (Å²) in [5.41, 5.74) is 1.43. The molecule has 0 saturated carbocycles. The van der Waals surface area contributed by atoms with E-state index in [9.17, 15) is 9.90 Å². The zero-order valence-electron chi connectivity index (χ0n) is 13.5. The van der Waals surface area contributed by atoms with E-state index >= 15 is 0 Å².